The largest absolute Gasteiger partial charge is 0.325 e. The normalized spacial score (nSPS) is 12.3. The van der Waals surface area contributed by atoms with Gasteiger partial charge in [-0.1, -0.05) is 46.4 Å². The molecule has 0 spiro atoms. The molecular weight excluding hydrogens is 534 g/mol. The van der Waals surface area contributed by atoms with Gasteiger partial charge in [0.2, 0.25) is 5.91 Å². The minimum atomic E-state index is -3.85. The van der Waals surface area contributed by atoms with Crippen LogP contribution in [0.4, 0.5) is 11.4 Å². The summed E-state index contributed by atoms with van der Waals surface area (Å²) in [6, 6.07) is 15.2. The molecule has 0 radical (unpaired) electrons. The van der Waals surface area contributed by atoms with Gasteiger partial charge in [-0.05, 0) is 67.6 Å². The summed E-state index contributed by atoms with van der Waals surface area (Å²) in [5.74, 6) is -0.268. The van der Waals surface area contributed by atoms with Crippen LogP contribution in [-0.2, 0) is 14.8 Å². The monoisotopic (exact) mass is 548 g/mol. The lowest BCUT2D eigenvalue weighted by Crippen LogP contribution is -2.22. The molecule has 0 saturated heterocycles. The molecule has 2 N–H and O–H groups in total. The van der Waals surface area contributed by atoms with Crippen LogP contribution in [0.3, 0.4) is 0 Å². The van der Waals surface area contributed by atoms with Crippen LogP contribution < -0.4 is 10.0 Å². The molecule has 0 saturated carbocycles. The van der Waals surface area contributed by atoms with E-state index in [0.717, 1.165) is 0 Å². The number of nitrogens with one attached hydrogen (secondary N) is 2. The average Bonchev–Trinajstić information content (AvgIpc) is 2.73. The van der Waals surface area contributed by atoms with E-state index >= 15 is 0 Å². The third-order valence-corrected chi connectivity index (χ3v) is 8.14. The molecule has 3 aromatic rings. The van der Waals surface area contributed by atoms with Crippen LogP contribution >= 0.6 is 58.2 Å². The van der Waals surface area contributed by atoms with Crippen molar-refractivity contribution in [3.63, 3.8) is 0 Å². The summed E-state index contributed by atoms with van der Waals surface area (Å²) >= 11 is 25.2. The summed E-state index contributed by atoms with van der Waals surface area (Å²) in [5, 5.41) is 3.87. The predicted octanol–water partition coefficient (Wildman–Crippen LogP) is 7.22. The van der Waals surface area contributed by atoms with E-state index in [2.05, 4.69) is 10.0 Å². The average molecular weight is 550 g/mol. The molecule has 3 rings (SSSR count). The van der Waals surface area contributed by atoms with Crippen molar-refractivity contribution in [2.45, 2.75) is 22.0 Å². The summed E-state index contributed by atoms with van der Waals surface area (Å²) in [7, 11) is -3.85. The van der Waals surface area contributed by atoms with Crippen LogP contribution in [0.15, 0.2) is 70.5 Å². The molecule has 0 fully saturated rings. The Bertz CT molecular complexity index is 1250. The maximum atomic E-state index is 12.6. The Balaban J connectivity index is 1.66. The van der Waals surface area contributed by atoms with Crippen LogP contribution in [0.2, 0.25) is 20.1 Å². The van der Waals surface area contributed by atoms with E-state index in [4.69, 9.17) is 46.4 Å². The standard InChI is InChI=1S/C21H16Cl4N2O3S2/c1-12(31-20-10-13(22)2-8-18(20)24)21(28)26-14-3-6-16(7-4-14)32(29,30)27-15-5-9-17(23)19(25)11-15/h2-12,27H,1H3,(H,26,28). The van der Waals surface area contributed by atoms with Crippen molar-refractivity contribution in [2.75, 3.05) is 10.0 Å². The highest BCUT2D eigenvalue weighted by molar-refractivity contribution is 8.00. The Labute approximate surface area is 210 Å². The number of hydrogen-bond acceptors (Lipinski definition) is 4. The van der Waals surface area contributed by atoms with Crippen LogP contribution in [-0.4, -0.2) is 19.6 Å². The lowest BCUT2D eigenvalue weighted by atomic mass is 10.3. The Morgan fingerprint density at radius 3 is 2.12 bits per heavy atom. The second-order valence-electron chi connectivity index (χ2n) is 6.58. The number of hydrogen-bond donors (Lipinski definition) is 2. The van der Waals surface area contributed by atoms with E-state index in [-0.39, 0.29) is 21.5 Å². The second kappa shape index (κ2) is 10.5. The van der Waals surface area contributed by atoms with Crippen molar-refractivity contribution in [2.24, 2.45) is 0 Å². The Morgan fingerprint density at radius 1 is 0.844 bits per heavy atom. The van der Waals surface area contributed by atoms with Gasteiger partial charge in [-0.2, -0.15) is 0 Å². The molecule has 0 aliphatic heterocycles. The van der Waals surface area contributed by atoms with E-state index < -0.39 is 15.3 Å². The number of sulfonamides is 1. The highest BCUT2D eigenvalue weighted by Crippen LogP contribution is 2.33. The number of thioether (sulfide) groups is 1. The minimum absolute atomic E-state index is 0.0229. The van der Waals surface area contributed by atoms with E-state index in [1.807, 2.05) is 0 Å². The molecule has 168 valence electrons. The van der Waals surface area contributed by atoms with E-state index in [1.165, 1.54) is 54.2 Å². The molecule has 0 aromatic heterocycles. The van der Waals surface area contributed by atoms with Crippen molar-refractivity contribution < 1.29 is 13.2 Å². The smallest absolute Gasteiger partial charge is 0.261 e. The first kappa shape index (κ1) is 25.0. The van der Waals surface area contributed by atoms with Crippen molar-refractivity contribution in [3.8, 4) is 0 Å². The maximum Gasteiger partial charge on any atom is 0.261 e. The molecule has 11 heteroatoms. The van der Waals surface area contributed by atoms with Gasteiger partial charge >= 0.3 is 0 Å². The van der Waals surface area contributed by atoms with Gasteiger partial charge in [0.25, 0.3) is 10.0 Å². The molecule has 1 unspecified atom stereocenters. The van der Waals surface area contributed by atoms with Gasteiger partial charge in [0.1, 0.15) is 0 Å². The molecule has 5 nitrogen and oxygen atoms in total. The molecule has 0 aliphatic carbocycles. The molecule has 1 atom stereocenters. The van der Waals surface area contributed by atoms with Crippen molar-refractivity contribution in [3.05, 3.63) is 80.8 Å². The zero-order valence-electron chi connectivity index (χ0n) is 16.4. The highest BCUT2D eigenvalue weighted by atomic mass is 35.5. The molecule has 1 amide bonds. The van der Waals surface area contributed by atoms with Crippen molar-refractivity contribution in [1.82, 2.24) is 0 Å². The van der Waals surface area contributed by atoms with E-state index in [9.17, 15) is 13.2 Å². The zero-order valence-corrected chi connectivity index (χ0v) is 21.1. The van der Waals surface area contributed by atoms with Gasteiger partial charge < -0.3 is 5.32 Å². The van der Waals surface area contributed by atoms with Gasteiger partial charge in [0, 0.05) is 15.6 Å². The van der Waals surface area contributed by atoms with Gasteiger partial charge in [-0.25, -0.2) is 8.42 Å². The SMILES string of the molecule is CC(Sc1cc(Cl)ccc1Cl)C(=O)Nc1ccc(S(=O)(=O)Nc2ccc(Cl)c(Cl)c2)cc1. The fourth-order valence-electron chi connectivity index (χ4n) is 2.55. The van der Waals surface area contributed by atoms with Crippen LogP contribution in [0.25, 0.3) is 0 Å². The molecule has 0 heterocycles. The lowest BCUT2D eigenvalue weighted by Gasteiger charge is -2.14. The fourth-order valence-corrected chi connectivity index (χ4v) is 5.30. The Kier molecular flexibility index (Phi) is 8.25. The lowest BCUT2D eigenvalue weighted by molar-refractivity contribution is -0.115. The van der Waals surface area contributed by atoms with Gasteiger partial charge in [-0.3, -0.25) is 9.52 Å². The highest BCUT2D eigenvalue weighted by Gasteiger charge is 2.18. The van der Waals surface area contributed by atoms with Gasteiger partial charge in [0.15, 0.2) is 0 Å². The summed E-state index contributed by atoms with van der Waals surface area (Å²) in [4.78, 5) is 13.2. The number of halogens is 4. The first-order chi connectivity index (χ1) is 15.0. The van der Waals surface area contributed by atoms with Crippen LogP contribution in [0, 0.1) is 0 Å². The molecule has 3 aromatic carbocycles. The first-order valence-corrected chi connectivity index (χ1v) is 12.9. The molecular formula is C21H16Cl4N2O3S2. The minimum Gasteiger partial charge on any atom is -0.325 e. The Morgan fingerprint density at radius 2 is 1.47 bits per heavy atom. The molecule has 0 aliphatic rings. The number of carbonyl (C=O) groups excluding carboxylic acids is 1. The van der Waals surface area contributed by atoms with E-state index in [1.54, 1.807) is 25.1 Å². The summed E-state index contributed by atoms with van der Waals surface area (Å²) in [5.41, 5.74) is 0.732. The van der Waals surface area contributed by atoms with Crippen molar-refractivity contribution in [1.29, 1.82) is 0 Å². The van der Waals surface area contributed by atoms with Crippen LogP contribution in [0.1, 0.15) is 6.92 Å². The second-order valence-corrected chi connectivity index (χ2v) is 11.3. The van der Waals surface area contributed by atoms with Gasteiger partial charge in [0.05, 0.1) is 30.9 Å². The molecule has 0 bridgehead atoms. The van der Waals surface area contributed by atoms with Gasteiger partial charge in [-0.15, -0.1) is 11.8 Å². The summed E-state index contributed by atoms with van der Waals surface area (Å²) < 4.78 is 27.6. The number of anilines is 2. The number of carbonyl (C=O) groups is 1. The number of rotatable bonds is 7. The number of amides is 1. The number of benzene rings is 3. The van der Waals surface area contributed by atoms with Crippen LogP contribution in [0.5, 0.6) is 0 Å². The fraction of sp³-hybridized carbons (Fsp3) is 0.0952. The quantitative estimate of drug-likeness (QED) is 0.305. The first-order valence-electron chi connectivity index (χ1n) is 9.05. The summed E-state index contributed by atoms with van der Waals surface area (Å²) in [6.45, 7) is 1.73. The maximum absolute atomic E-state index is 12.6. The Hall–Kier alpha value is -1.61. The predicted molar refractivity (Wildman–Crippen MR) is 134 cm³/mol. The summed E-state index contributed by atoms with van der Waals surface area (Å²) in [6.07, 6.45) is 0. The zero-order chi connectivity index (χ0) is 23.5. The molecule has 32 heavy (non-hydrogen) atoms. The third-order valence-electron chi connectivity index (χ3n) is 4.17. The third kappa shape index (κ3) is 6.47. The topological polar surface area (TPSA) is 75.3 Å². The van der Waals surface area contributed by atoms with Crippen molar-refractivity contribution >= 4 is 85.5 Å². The van der Waals surface area contributed by atoms with E-state index in [0.29, 0.717) is 25.7 Å².